The van der Waals surface area contributed by atoms with Crippen LogP contribution in [0.3, 0.4) is 0 Å². The van der Waals surface area contributed by atoms with Gasteiger partial charge < -0.3 is 0 Å². The molecule has 2 aromatic rings. The van der Waals surface area contributed by atoms with Crippen LogP contribution in [0.2, 0.25) is 5.15 Å². The fourth-order valence-corrected chi connectivity index (χ4v) is 4.76. The van der Waals surface area contributed by atoms with Gasteiger partial charge in [-0.2, -0.15) is 0 Å². The normalized spacial score (nSPS) is 11.5. The monoisotopic (exact) mass is 367 g/mol. The summed E-state index contributed by atoms with van der Waals surface area (Å²) in [7, 11) is -3.69. The highest BCUT2D eigenvalue weighted by Crippen LogP contribution is 2.30. The predicted molar refractivity (Wildman–Crippen MR) is 74.6 cm³/mol. The van der Waals surface area contributed by atoms with Gasteiger partial charge in [-0.3, -0.25) is 0 Å². The van der Waals surface area contributed by atoms with Crippen LogP contribution in [0.1, 0.15) is 4.88 Å². The Hall–Kier alpha value is -0.700. The quantitative estimate of drug-likeness (QED) is 0.845. The highest BCUT2D eigenvalue weighted by atomic mass is 79.9. The number of hydrogen-bond donors (Lipinski definition) is 1. The van der Waals surface area contributed by atoms with Crippen molar-refractivity contribution in [2.45, 2.75) is 11.8 Å². The third kappa shape index (κ3) is 3.00. The Morgan fingerprint density at radius 1 is 1.50 bits per heavy atom. The van der Waals surface area contributed by atoms with Gasteiger partial charge >= 0.3 is 0 Å². The molecule has 0 aliphatic rings. The first-order valence-corrected chi connectivity index (χ1v) is 8.13. The second kappa shape index (κ2) is 5.12. The number of aryl methyl sites for hydroxylation is 1. The minimum Gasteiger partial charge on any atom is -0.247 e. The van der Waals surface area contributed by atoms with Crippen molar-refractivity contribution in [3.63, 3.8) is 0 Å². The number of rotatable bonds is 3. The molecule has 96 valence electrons. The molecule has 0 aliphatic carbocycles. The molecule has 2 rings (SSSR count). The molecule has 0 radical (unpaired) electrons. The molecule has 2 aromatic heterocycles. The number of nitrogens with zero attached hydrogens (tertiary/aromatic N) is 2. The van der Waals surface area contributed by atoms with Crippen LogP contribution < -0.4 is 4.72 Å². The van der Waals surface area contributed by atoms with Gasteiger partial charge in [0, 0.05) is 11.1 Å². The van der Waals surface area contributed by atoms with Crippen LogP contribution in [0, 0.1) is 6.92 Å². The minimum atomic E-state index is -3.69. The van der Waals surface area contributed by atoms with E-state index in [0.717, 1.165) is 3.79 Å². The SMILES string of the molecule is Cc1sc(Br)cc1S(=O)(=O)Nc1nccc(Cl)n1. The van der Waals surface area contributed by atoms with Crippen molar-refractivity contribution in [2.75, 3.05) is 4.72 Å². The van der Waals surface area contributed by atoms with E-state index in [9.17, 15) is 8.42 Å². The topological polar surface area (TPSA) is 72.0 Å². The third-order valence-electron chi connectivity index (χ3n) is 1.98. The summed E-state index contributed by atoms with van der Waals surface area (Å²) in [5.74, 6) is -0.0516. The van der Waals surface area contributed by atoms with Crippen LogP contribution >= 0.6 is 38.9 Å². The lowest BCUT2D eigenvalue weighted by molar-refractivity contribution is 0.600. The molecule has 0 saturated heterocycles. The highest BCUT2D eigenvalue weighted by molar-refractivity contribution is 9.11. The Kier molecular flexibility index (Phi) is 3.90. The zero-order valence-electron chi connectivity index (χ0n) is 9.02. The molecule has 0 atom stereocenters. The highest BCUT2D eigenvalue weighted by Gasteiger charge is 2.20. The van der Waals surface area contributed by atoms with Crippen molar-refractivity contribution in [1.29, 1.82) is 0 Å². The average Bonchev–Trinajstić information content (AvgIpc) is 2.58. The summed E-state index contributed by atoms with van der Waals surface area (Å²) in [6.07, 6.45) is 1.38. The van der Waals surface area contributed by atoms with Gasteiger partial charge in [0.25, 0.3) is 10.0 Å². The van der Waals surface area contributed by atoms with Crippen molar-refractivity contribution < 1.29 is 8.42 Å². The van der Waals surface area contributed by atoms with E-state index in [1.165, 1.54) is 29.7 Å². The van der Waals surface area contributed by atoms with Gasteiger partial charge in [0.1, 0.15) is 10.0 Å². The van der Waals surface area contributed by atoms with Gasteiger partial charge in [-0.1, -0.05) is 11.6 Å². The van der Waals surface area contributed by atoms with Crippen molar-refractivity contribution >= 4 is 54.8 Å². The molecule has 0 saturated carbocycles. The second-order valence-corrected chi connectivity index (χ2v) is 7.95. The number of anilines is 1. The van der Waals surface area contributed by atoms with E-state index in [2.05, 4.69) is 30.6 Å². The molecular weight excluding hydrogens is 362 g/mol. The minimum absolute atomic E-state index is 0.0516. The number of halogens is 2. The lowest BCUT2D eigenvalue weighted by atomic mass is 10.5. The maximum Gasteiger partial charge on any atom is 0.265 e. The maximum atomic E-state index is 12.1. The molecule has 0 unspecified atom stereocenters. The summed E-state index contributed by atoms with van der Waals surface area (Å²) in [4.78, 5) is 8.44. The van der Waals surface area contributed by atoms with Gasteiger partial charge in [-0.25, -0.2) is 23.1 Å². The average molecular weight is 369 g/mol. The molecule has 5 nitrogen and oxygen atoms in total. The third-order valence-corrected chi connectivity index (χ3v) is 5.33. The van der Waals surface area contributed by atoms with Crippen molar-refractivity contribution in [3.05, 3.63) is 32.1 Å². The Morgan fingerprint density at radius 2 is 2.22 bits per heavy atom. The first kappa shape index (κ1) is 13.7. The zero-order valence-corrected chi connectivity index (χ0v) is 13.0. The fourth-order valence-electron chi connectivity index (χ4n) is 1.26. The van der Waals surface area contributed by atoms with Gasteiger partial charge in [-0.15, -0.1) is 11.3 Å². The Labute approximate surface area is 121 Å². The number of nitrogens with one attached hydrogen (secondary N) is 1. The Bertz CT molecular complexity index is 687. The summed E-state index contributed by atoms with van der Waals surface area (Å²) in [5, 5.41) is 0.172. The fraction of sp³-hybridized carbons (Fsp3) is 0.111. The van der Waals surface area contributed by atoms with Crippen LogP contribution in [-0.4, -0.2) is 18.4 Å². The van der Waals surface area contributed by atoms with Gasteiger partial charge in [-0.05, 0) is 35.0 Å². The molecule has 0 amide bonds. The van der Waals surface area contributed by atoms with Crippen molar-refractivity contribution in [2.24, 2.45) is 0 Å². The summed E-state index contributed by atoms with van der Waals surface area (Å²) >= 11 is 10.3. The number of aromatic nitrogens is 2. The van der Waals surface area contributed by atoms with Gasteiger partial charge in [0.2, 0.25) is 5.95 Å². The van der Waals surface area contributed by atoms with E-state index < -0.39 is 10.0 Å². The first-order chi connectivity index (χ1) is 8.38. The summed E-state index contributed by atoms with van der Waals surface area (Å²) < 4.78 is 27.2. The van der Waals surface area contributed by atoms with Crippen LogP contribution in [0.4, 0.5) is 5.95 Å². The standard InChI is InChI=1S/C9H7BrClN3O2S2/c1-5-6(4-7(10)17-5)18(15,16)14-9-12-3-2-8(11)13-9/h2-4H,1H3,(H,12,13,14). The Morgan fingerprint density at radius 3 is 2.78 bits per heavy atom. The predicted octanol–water partition coefficient (Wildman–Crippen LogP) is 3.06. The first-order valence-electron chi connectivity index (χ1n) is 4.66. The lowest BCUT2D eigenvalue weighted by Gasteiger charge is -2.05. The number of thiophene rings is 1. The van der Waals surface area contributed by atoms with Crippen LogP contribution in [0.25, 0.3) is 0 Å². The smallest absolute Gasteiger partial charge is 0.247 e. The zero-order chi connectivity index (χ0) is 13.3. The van der Waals surface area contributed by atoms with E-state index in [1.807, 2.05) is 0 Å². The molecule has 0 aromatic carbocycles. The summed E-state index contributed by atoms with van der Waals surface area (Å²) in [6, 6.07) is 3.00. The molecule has 9 heteroatoms. The van der Waals surface area contributed by atoms with E-state index in [4.69, 9.17) is 11.6 Å². The van der Waals surface area contributed by atoms with Gasteiger partial charge in [0.15, 0.2) is 0 Å². The lowest BCUT2D eigenvalue weighted by Crippen LogP contribution is -2.15. The molecule has 0 aliphatic heterocycles. The number of sulfonamides is 1. The van der Waals surface area contributed by atoms with E-state index >= 15 is 0 Å². The molecule has 0 spiro atoms. The molecule has 0 fully saturated rings. The second-order valence-electron chi connectivity index (χ2n) is 3.28. The maximum absolute atomic E-state index is 12.1. The van der Waals surface area contributed by atoms with Crippen LogP contribution in [0.5, 0.6) is 0 Å². The van der Waals surface area contributed by atoms with E-state index in [-0.39, 0.29) is 16.0 Å². The van der Waals surface area contributed by atoms with Crippen LogP contribution in [-0.2, 0) is 10.0 Å². The van der Waals surface area contributed by atoms with E-state index in [0.29, 0.717) is 4.88 Å². The molecule has 0 bridgehead atoms. The molecule has 1 N–H and O–H groups in total. The molecule has 18 heavy (non-hydrogen) atoms. The van der Waals surface area contributed by atoms with E-state index in [1.54, 1.807) is 6.92 Å². The largest absolute Gasteiger partial charge is 0.265 e. The van der Waals surface area contributed by atoms with Crippen molar-refractivity contribution in [1.82, 2.24) is 9.97 Å². The summed E-state index contributed by atoms with van der Waals surface area (Å²) in [6.45, 7) is 1.73. The molecular formula is C9H7BrClN3O2S2. The molecule has 2 heterocycles. The summed E-state index contributed by atoms with van der Waals surface area (Å²) in [5.41, 5.74) is 0. The van der Waals surface area contributed by atoms with Crippen LogP contribution in [0.15, 0.2) is 27.0 Å². The van der Waals surface area contributed by atoms with Gasteiger partial charge in [0.05, 0.1) is 3.79 Å². The van der Waals surface area contributed by atoms with Crippen molar-refractivity contribution in [3.8, 4) is 0 Å². The number of hydrogen-bond acceptors (Lipinski definition) is 5. The Balaban J connectivity index is 2.36.